The molecule has 6 nitrogen and oxygen atoms in total. The van der Waals surface area contributed by atoms with E-state index >= 15 is 0 Å². The number of carbonyl (C=O) groups is 2. The number of nitrogens with two attached hydrogens (primary N) is 1. The maximum Gasteiger partial charge on any atom is 0.405 e. The quantitative estimate of drug-likeness (QED) is 0.758. The highest BCUT2D eigenvalue weighted by atomic mass is 35.5. The van der Waals surface area contributed by atoms with Crippen LogP contribution in [0.3, 0.4) is 0 Å². The minimum Gasteiger partial charge on any atom is -0.433 e. The number of ether oxygens (including phenoxy) is 1. The SMILES string of the molecule is CC(C)(C)C(O)C(OC(N)=O)C(=O)NCc1cccc(Cl)c1F. The summed E-state index contributed by atoms with van der Waals surface area (Å²) in [6.07, 6.45) is -3.99. The summed E-state index contributed by atoms with van der Waals surface area (Å²) in [5, 5.41) is 12.5. The van der Waals surface area contributed by atoms with E-state index in [1.54, 1.807) is 20.8 Å². The molecule has 1 rings (SSSR count). The second-order valence-electron chi connectivity index (χ2n) is 6.10. The summed E-state index contributed by atoms with van der Waals surface area (Å²) in [4.78, 5) is 23.1. The molecule has 2 unspecified atom stereocenters. The molecule has 2 atom stereocenters. The maximum atomic E-state index is 13.8. The van der Waals surface area contributed by atoms with Gasteiger partial charge in [0.1, 0.15) is 11.9 Å². The van der Waals surface area contributed by atoms with E-state index in [4.69, 9.17) is 22.1 Å². The Hall–Kier alpha value is -1.86. The van der Waals surface area contributed by atoms with Crippen molar-refractivity contribution < 1.29 is 23.8 Å². The predicted molar refractivity (Wildman–Crippen MR) is 83.2 cm³/mol. The molecule has 0 radical (unpaired) electrons. The van der Waals surface area contributed by atoms with Crippen molar-refractivity contribution >= 4 is 23.6 Å². The van der Waals surface area contributed by atoms with Gasteiger partial charge in [-0.3, -0.25) is 4.79 Å². The van der Waals surface area contributed by atoms with Crippen LogP contribution in [0.2, 0.25) is 5.02 Å². The van der Waals surface area contributed by atoms with Gasteiger partial charge in [0.15, 0.2) is 0 Å². The zero-order valence-electron chi connectivity index (χ0n) is 13.1. The van der Waals surface area contributed by atoms with Gasteiger partial charge in [0.2, 0.25) is 6.10 Å². The number of benzene rings is 1. The molecule has 2 amide bonds. The number of aliphatic hydroxyl groups is 1. The summed E-state index contributed by atoms with van der Waals surface area (Å²) < 4.78 is 18.5. The first-order chi connectivity index (χ1) is 10.5. The van der Waals surface area contributed by atoms with Gasteiger partial charge in [-0.15, -0.1) is 0 Å². The Kier molecular flexibility index (Phi) is 6.35. The van der Waals surface area contributed by atoms with Gasteiger partial charge in [0, 0.05) is 12.1 Å². The lowest BCUT2D eigenvalue weighted by molar-refractivity contribution is -0.140. The fourth-order valence-electron chi connectivity index (χ4n) is 1.81. The van der Waals surface area contributed by atoms with Crippen molar-refractivity contribution in [3.8, 4) is 0 Å². The van der Waals surface area contributed by atoms with Gasteiger partial charge in [-0.1, -0.05) is 44.5 Å². The fraction of sp³-hybridized carbons (Fsp3) is 0.467. The van der Waals surface area contributed by atoms with Crippen molar-refractivity contribution in [2.75, 3.05) is 0 Å². The first kappa shape index (κ1) is 19.2. The highest BCUT2D eigenvalue weighted by molar-refractivity contribution is 6.30. The van der Waals surface area contributed by atoms with E-state index in [0.717, 1.165) is 0 Å². The van der Waals surface area contributed by atoms with E-state index < -0.39 is 35.4 Å². The highest BCUT2D eigenvalue weighted by Gasteiger charge is 2.37. The number of rotatable bonds is 5. The zero-order chi connectivity index (χ0) is 17.8. The van der Waals surface area contributed by atoms with Crippen LogP contribution in [-0.4, -0.2) is 29.3 Å². The molecule has 0 aromatic heterocycles. The van der Waals surface area contributed by atoms with Gasteiger partial charge in [-0.2, -0.15) is 0 Å². The third-order valence-electron chi connectivity index (χ3n) is 3.16. The van der Waals surface area contributed by atoms with Gasteiger partial charge in [0.25, 0.3) is 5.91 Å². The third kappa shape index (κ3) is 5.37. The Labute approximate surface area is 138 Å². The molecule has 0 aliphatic rings. The van der Waals surface area contributed by atoms with Crippen LogP contribution in [0.25, 0.3) is 0 Å². The summed E-state index contributed by atoms with van der Waals surface area (Å²) in [7, 11) is 0. The smallest absolute Gasteiger partial charge is 0.405 e. The molecule has 23 heavy (non-hydrogen) atoms. The minimum atomic E-state index is -1.50. The van der Waals surface area contributed by atoms with Crippen LogP contribution in [0.15, 0.2) is 18.2 Å². The lowest BCUT2D eigenvalue weighted by Gasteiger charge is -2.31. The average Bonchev–Trinajstić information content (AvgIpc) is 2.44. The summed E-state index contributed by atoms with van der Waals surface area (Å²) in [5.74, 6) is -1.44. The second-order valence-corrected chi connectivity index (χ2v) is 6.51. The van der Waals surface area contributed by atoms with E-state index in [1.807, 2.05) is 0 Å². The molecular weight excluding hydrogens is 327 g/mol. The number of nitrogens with one attached hydrogen (secondary N) is 1. The van der Waals surface area contributed by atoms with Gasteiger partial charge >= 0.3 is 6.09 Å². The number of primary amides is 1. The Morgan fingerprint density at radius 3 is 2.57 bits per heavy atom. The Morgan fingerprint density at radius 1 is 1.43 bits per heavy atom. The molecule has 0 spiro atoms. The number of halogens is 2. The maximum absolute atomic E-state index is 13.8. The molecule has 8 heteroatoms. The topological polar surface area (TPSA) is 102 Å². The zero-order valence-corrected chi connectivity index (χ0v) is 13.9. The van der Waals surface area contributed by atoms with Crippen molar-refractivity contribution in [1.29, 1.82) is 0 Å². The van der Waals surface area contributed by atoms with Gasteiger partial charge in [-0.25, -0.2) is 9.18 Å². The first-order valence-electron chi connectivity index (χ1n) is 6.88. The monoisotopic (exact) mass is 346 g/mol. The molecule has 0 aliphatic heterocycles. The Morgan fingerprint density at radius 2 is 2.04 bits per heavy atom. The van der Waals surface area contributed by atoms with E-state index in [2.05, 4.69) is 5.32 Å². The lowest BCUT2D eigenvalue weighted by atomic mass is 9.85. The van der Waals surface area contributed by atoms with Crippen LogP contribution in [0.1, 0.15) is 26.3 Å². The summed E-state index contributed by atoms with van der Waals surface area (Å²) in [5.41, 5.74) is 4.36. The summed E-state index contributed by atoms with van der Waals surface area (Å²) in [6, 6.07) is 4.37. The molecule has 1 aromatic rings. The van der Waals surface area contributed by atoms with Crippen molar-refractivity contribution in [2.24, 2.45) is 11.1 Å². The molecule has 0 saturated carbocycles. The molecular formula is C15H20ClFN2O4. The Balaban J connectivity index is 2.85. The third-order valence-corrected chi connectivity index (χ3v) is 3.45. The van der Waals surface area contributed by atoms with Crippen molar-refractivity contribution in [3.63, 3.8) is 0 Å². The molecule has 0 aliphatic carbocycles. The molecule has 0 fully saturated rings. The lowest BCUT2D eigenvalue weighted by Crippen LogP contribution is -2.50. The average molecular weight is 347 g/mol. The second kappa shape index (κ2) is 7.61. The van der Waals surface area contributed by atoms with E-state index in [9.17, 15) is 19.1 Å². The minimum absolute atomic E-state index is 0.0728. The van der Waals surface area contributed by atoms with E-state index in [-0.39, 0.29) is 17.1 Å². The first-order valence-corrected chi connectivity index (χ1v) is 7.26. The van der Waals surface area contributed by atoms with Gasteiger partial charge in [0.05, 0.1) is 5.02 Å². The molecule has 1 aromatic carbocycles. The van der Waals surface area contributed by atoms with Gasteiger partial charge in [-0.05, 0) is 11.5 Å². The van der Waals surface area contributed by atoms with Crippen molar-refractivity contribution in [3.05, 3.63) is 34.6 Å². The van der Waals surface area contributed by atoms with Crippen LogP contribution >= 0.6 is 11.6 Å². The van der Waals surface area contributed by atoms with Crippen molar-refractivity contribution in [1.82, 2.24) is 5.32 Å². The molecule has 128 valence electrons. The van der Waals surface area contributed by atoms with E-state index in [0.29, 0.717) is 0 Å². The molecule has 0 heterocycles. The standard InChI is InChI=1S/C15H20ClFN2O4/c1-15(2,3)12(20)11(23-14(18)22)13(21)19-7-8-5-4-6-9(16)10(8)17/h4-6,11-12,20H,7H2,1-3H3,(H2,18,22)(H,19,21). The van der Waals surface area contributed by atoms with Crippen LogP contribution in [0.5, 0.6) is 0 Å². The van der Waals surface area contributed by atoms with E-state index in [1.165, 1.54) is 18.2 Å². The Bertz CT molecular complexity index is 589. The molecule has 4 N–H and O–H groups in total. The summed E-state index contributed by atoms with van der Waals surface area (Å²) >= 11 is 5.66. The predicted octanol–water partition coefficient (Wildman–Crippen LogP) is 1.97. The van der Waals surface area contributed by atoms with Crippen LogP contribution in [0.4, 0.5) is 9.18 Å². The number of amides is 2. The largest absolute Gasteiger partial charge is 0.433 e. The highest BCUT2D eigenvalue weighted by Crippen LogP contribution is 2.24. The number of carbonyl (C=O) groups excluding carboxylic acids is 2. The normalized spacial score (nSPS) is 14.0. The molecule has 0 saturated heterocycles. The van der Waals surface area contributed by atoms with Crippen LogP contribution < -0.4 is 11.1 Å². The summed E-state index contributed by atoms with van der Waals surface area (Å²) in [6.45, 7) is 4.82. The van der Waals surface area contributed by atoms with Crippen molar-refractivity contribution in [2.45, 2.75) is 39.5 Å². The molecule has 0 bridgehead atoms. The number of hydrogen-bond acceptors (Lipinski definition) is 4. The van der Waals surface area contributed by atoms with Gasteiger partial charge < -0.3 is 20.9 Å². The van der Waals surface area contributed by atoms with Crippen LogP contribution in [0, 0.1) is 11.2 Å². The fourth-order valence-corrected chi connectivity index (χ4v) is 2.00. The number of aliphatic hydroxyl groups excluding tert-OH is 1. The number of hydrogen-bond donors (Lipinski definition) is 3. The van der Waals surface area contributed by atoms with Crippen LogP contribution in [-0.2, 0) is 16.1 Å².